The highest BCUT2D eigenvalue weighted by Crippen LogP contribution is 2.27. The van der Waals surface area contributed by atoms with Crippen molar-refractivity contribution in [1.29, 1.82) is 0 Å². The summed E-state index contributed by atoms with van der Waals surface area (Å²) in [4.78, 5) is 38.9. The van der Waals surface area contributed by atoms with Gasteiger partial charge in [0.15, 0.2) is 0 Å². The average molecular weight is 682 g/mol. The largest absolute Gasteiger partial charge is 0.444 e. The third-order valence-electron chi connectivity index (χ3n) is 9.85. The van der Waals surface area contributed by atoms with Crippen LogP contribution in [-0.2, 0) is 14.3 Å². The molecule has 3 saturated carbocycles. The van der Waals surface area contributed by atoms with Gasteiger partial charge < -0.3 is 36.1 Å². The molecule has 2 heterocycles. The maximum absolute atomic E-state index is 11.7. The van der Waals surface area contributed by atoms with Crippen LogP contribution in [0.4, 0.5) is 9.59 Å². The Bertz CT molecular complexity index is 990. The van der Waals surface area contributed by atoms with E-state index in [0.29, 0.717) is 31.0 Å². The zero-order valence-electron chi connectivity index (χ0n) is 30.7. The lowest BCUT2D eigenvalue weighted by atomic mass is 9.90. The highest BCUT2D eigenvalue weighted by atomic mass is 16.6. The lowest BCUT2D eigenvalue weighted by Crippen LogP contribution is -2.44. The SMILES string of the molecule is CC(C)(C)OC(=O)NC1CCC(=O)CC1.CC(C)(C)OC(=O)NC1CCC(N2CC[C@@H](O)C2)CC1.NC1CCC(N2CC[C@@H](O)C2)CC1. The quantitative estimate of drug-likeness (QED) is 0.290. The van der Waals surface area contributed by atoms with Crippen molar-refractivity contribution in [2.45, 2.75) is 185 Å². The monoisotopic (exact) mass is 682 g/mol. The molecule has 5 aliphatic rings. The number of hydrogen-bond acceptors (Lipinski definition) is 10. The van der Waals surface area contributed by atoms with Crippen molar-refractivity contribution in [3.8, 4) is 0 Å². The molecule has 5 rings (SSSR count). The molecule has 278 valence electrons. The number of likely N-dealkylation sites (tertiary alicyclic amines) is 2. The van der Waals surface area contributed by atoms with Crippen LogP contribution in [0.1, 0.15) is 131 Å². The van der Waals surface area contributed by atoms with Crippen LogP contribution in [-0.4, -0.2) is 118 Å². The van der Waals surface area contributed by atoms with E-state index in [1.165, 1.54) is 12.8 Å². The number of hydrogen-bond donors (Lipinski definition) is 5. The fourth-order valence-corrected chi connectivity index (χ4v) is 7.28. The standard InChI is InChI=1S/C15H28N2O3.C11H19NO3.C10H20N2O/c1-15(2,3)20-14(19)16-11-4-6-12(7-5-11)17-9-8-13(18)10-17;1-11(2,3)15-10(14)12-8-4-6-9(13)7-5-8;11-8-1-3-9(4-2-8)12-6-5-10(13)7-12/h11-13,18H,4-10H2,1-3H3,(H,16,19);8H,4-7H2,1-3H3,(H,12,14);8-10,13H,1-7,11H2/t11?,12?,13-;;8?,9?,10-/m1.1/s1. The van der Waals surface area contributed by atoms with E-state index >= 15 is 0 Å². The molecule has 48 heavy (non-hydrogen) atoms. The summed E-state index contributed by atoms with van der Waals surface area (Å²) in [5.74, 6) is 0.289. The molecular weight excluding hydrogens is 614 g/mol. The topological polar surface area (TPSA) is 167 Å². The zero-order chi connectivity index (χ0) is 35.5. The van der Waals surface area contributed by atoms with Crippen LogP contribution in [0.3, 0.4) is 0 Å². The van der Waals surface area contributed by atoms with E-state index in [-0.39, 0.29) is 42.3 Å². The van der Waals surface area contributed by atoms with Crippen LogP contribution in [0.5, 0.6) is 0 Å². The average Bonchev–Trinajstić information content (AvgIpc) is 3.62. The van der Waals surface area contributed by atoms with Gasteiger partial charge in [-0.05, 0) is 119 Å². The molecule has 3 aliphatic carbocycles. The summed E-state index contributed by atoms with van der Waals surface area (Å²) in [6.45, 7) is 14.9. The number of aliphatic hydroxyl groups excluding tert-OH is 2. The summed E-state index contributed by atoms with van der Waals surface area (Å²) in [5, 5.41) is 24.8. The Morgan fingerprint density at radius 1 is 0.646 bits per heavy atom. The number of nitrogens with one attached hydrogen (secondary N) is 2. The summed E-state index contributed by atoms with van der Waals surface area (Å²) >= 11 is 0. The van der Waals surface area contributed by atoms with Crippen molar-refractivity contribution in [3.63, 3.8) is 0 Å². The molecule has 5 fully saturated rings. The molecule has 0 radical (unpaired) electrons. The van der Waals surface area contributed by atoms with E-state index in [2.05, 4.69) is 20.4 Å². The molecule has 2 atom stereocenters. The Morgan fingerprint density at radius 2 is 1.02 bits per heavy atom. The maximum atomic E-state index is 11.7. The Balaban J connectivity index is 0.000000201. The minimum atomic E-state index is -0.464. The minimum absolute atomic E-state index is 0.0735. The first-order valence-electron chi connectivity index (χ1n) is 18.6. The van der Waals surface area contributed by atoms with Gasteiger partial charge in [-0.2, -0.15) is 0 Å². The van der Waals surface area contributed by atoms with Gasteiger partial charge in [0.1, 0.15) is 17.0 Å². The molecule has 6 N–H and O–H groups in total. The fourth-order valence-electron chi connectivity index (χ4n) is 7.28. The Morgan fingerprint density at radius 3 is 1.38 bits per heavy atom. The number of amides is 2. The van der Waals surface area contributed by atoms with E-state index in [1.807, 2.05) is 41.5 Å². The zero-order valence-corrected chi connectivity index (χ0v) is 30.7. The first kappa shape index (κ1) is 40.4. The van der Waals surface area contributed by atoms with Crippen molar-refractivity contribution in [1.82, 2.24) is 20.4 Å². The first-order chi connectivity index (χ1) is 22.5. The number of carbonyl (C=O) groups is 3. The van der Waals surface area contributed by atoms with Crippen LogP contribution in [0.25, 0.3) is 0 Å². The highest BCUT2D eigenvalue weighted by Gasteiger charge is 2.32. The van der Waals surface area contributed by atoms with Crippen LogP contribution in [0.15, 0.2) is 0 Å². The van der Waals surface area contributed by atoms with Crippen molar-refractivity contribution >= 4 is 18.0 Å². The van der Waals surface area contributed by atoms with Crippen molar-refractivity contribution < 1.29 is 34.1 Å². The smallest absolute Gasteiger partial charge is 0.407 e. The van der Waals surface area contributed by atoms with Gasteiger partial charge in [-0.15, -0.1) is 0 Å². The number of alkyl carbamates (subject to hydrolysis) is 2. The molecule has 2 saturated heterocycles. The van der Waals surface area contributed by atoms with E-state index in [4.69, 9.17) is 15.2 Å². The molecule has 0 spiro atoms. The summed E-state index contributed by atoms with van der Waals surface area (Å²) in [6.07, 6.45) is 12.5. The van der Waals surface area contributed by atoms with E-state index < -0.39 is 11.2 Å². The van der Waals surface area contributed by atoms with Gasteiger partial charge in [-0.3, -0.25) is 14.6 Å². The molecular formula is C36H67N5O7. The van der Waals surface area contributed by atoms with Gasteiger partial charge in [0.2, 0.25) is 0 Å². The van der Waals surface area contributed by atoms with Gasteiger partial charge in [-0.1, -0.05) is 0 Å². The third kappa shape index (κ3) is 15.7. The lowest BCUT2D eigenvalue weighted by Gasteiger charge is -2.35. The summed E-state index contributed by atoms with van der Waals surface area (Å²) in [6, 6.07) is 2.04. The predicted molar refractivity (Wildman–Crippen MR) is 187 cm³/mol. The number of rotatable bonds is 4. The molecule has 0 unspecified atom stereocenters. The molecule has 0 bridgehead atoms. The predicted octanol–water partition coefficient (Wildman–Crippen LogP) is 4.23. The van der Waals surface area contributed by atoms with E-state index in [9.17, 15) is 24.6 Å². The summed E-state index contributed by atoms with van der Waals surface area (Å²) in [5.41, 5.74) is 4.95. The van der Waals surface area contributed by atoms with Crippen molar-refractivity contribution in [2.75, 3.05) is 26.2 Å². The van der Waals surface area contributed by atoms with Crippen LogP contribution in [0, 0.1) is 0 Å². The van der Waals surface area contributed by atoms with Gasteiger partial charge >= 0.3 is 12.2 Å². The third-order valence-corrected chi connectivity index (χ3v) is 9.85. The summed E-state index contributed by atoms with van der Waals surface area (Å²) < 4.78 is 10.4. The van der Waals surface area contributed by atoms with Crippen LogP contribution >= 0.6 is 0 Å². The maximum Gasteiger partial charge on any atom is 0.407 e. The Kier molecular flexibility index (Phi) is 15.9. The molecule has 0 aromatic heterocycles. The van der Waals surface area contributed by atoms with Crippen LogP contribution < -0.4 is 16.4 Å². The molecule has 2 aliphatic heterocycles. The van der Waals surface area contributed by atoms with Crippen molar-refractivity contribution in [2.24, 2.45) is 5.73 Å². The first-order valence-corrected chi connectivity index (χ1v) is 18.6. The highest BCUT2D eigenvalue weighted by molar-refractivity contribution is 5.79. The lowest BCUT2D eigenvalue weighted by molar-refractivity contribution is -0.120. The number of ether oxygens (including phenoxy) is 2. The number of β-amino-alcohol motifs (C(OH)–C–C–N with tert-alkyl or cyclic N) is 2. The molecule has 0 aromatic rings. The molecule has 2 amide bonds. The molecule has 0 aromatic carbocycles. The second-order valence-electron chi connectivity index (χ2n) is 16.6. The minimum Gasteiger partial charge on any atom is -0.444 e. The van der Waals surface area contributed by atoms with Crippen molar-refractivity contribution in [3.05, 3.63) is 0 Å². The van der Waals surface area contributed by atoms with Gasteiger partial charge in [0.05, 0.1) is 12.2 Å². The van der Waals surface area contributed by atoms with Gasteiger partial charge in [-0.25, -0.2) is 9.59 Å². The van der Waals surface area contributed by atoms with E-state index in [0.717, 1.165) is 90.4 Å². The number of carbonyl (C=O) groups excluding carboxylic acids is 3. The van der Waals surface area contributed by atoms with E-state index in [1.54, 1.807) is 0 Å². The molecule has 12 nitrogen and oxygen atoms in total. The number of nitrogens with two attached hydrogens (primary N) is 1. The number of ketones is 1. The van der Waals surface area contributed by atoms with Gasteiger partial charge in [0, 0.05) is 69.2 Å². The second kappa shape index (κ2) is 18.8. The number of Topliss-reactive ketones (excluding diaryl/α,β-unsaturated/α-hetero) is 1. The molecule has 12 heteroatoms. The Labute approximate surface area is 289 Å². The summed E-state index contributed by atoms with van der Waals surface area (Å²) in [7, 11) is 0. The van der Waals surface area contributed by atoms with Gasteiger partial charge in [0.25, 0.3) is 0 Å². The number of nitrogens with zero attached hydrogens (tertiary/aromatic N) is 2. The normalized spacial score (nSPS) is 30.7. The van der Waals surface area contributed by atoms with Crippen LogP contribution in [0.2, 0.25) is 0 Å². The second-order valence-corrected chi connectivity index (χ2v) is 16.6. The fraction of sp³-hybridized carbons (Fsp3) is 0.917. The number of aliphatic hydroxyl groups is 2. The Hall–Kier alpha value is -1.99.